The predicted octanol–water partition coefficient (Wildman–Crippen LogP) is 2.71. The van der Waals surface area contributed by atoms with Crippen molar-refractivity contribution >= 4 is 12.2 Å². The molecular formula is C15H19N3O3S. The Kier molecular flexibility index (Phi) is 4.74. The molecule has 0 aliphatic carbocycles. The molecule has 3 rings (SSSR count). The molecule has 118 valence electrons. The summed E-state index contributed by atoms with van der Waals surface area (Å²) in [5.41, 5.74) is 0. The van der Waals surface area contributed by atoms with Gasteiger partial charge in [0.05, 0.1) is 19.8 Å². The summed E-state index contributed by atoms with van der Waals surface area (Å²) in [6.45, 7) is 1.88. The lowest BCUT2D eigenvalue weighted by Crippen LogP contribution is -2.18. The second-order valence-corrected chi connectivity index (χ2v) is 5.54. The predicted molar refractivity (Wildman–Crippen MR) is 83.7 cm³/mol. The van der Waals surface area contributed by atoms with E-state index < -0.39 is 0 Å². The van der Waals surface area contributed by atoms with Crippen molar-refractivity contribution in [1.29, 1.82) is 0 Å². The number of hydrogen-bond donors (Lipinski definition) is 1. The molecule has 1 fully saturated rings. The first-order valence-electron chi connectivity index (χ1n) is 7.29. The van der Waals surface area contributed by atoms with E-state index in [4.69, 9.17) is 26.4 Å². The lowest BCUT2D eigenvalue weighted by Gasteiger charge is -2.13. The number of methoxy groups -OCH3 is 1. The molecule has 1 unspecified atom stereocenters. The molecular weight excluding hydrogens is 302 g/mol. The van der Waals surface area contributed by atoms with Crippen LogP contribution in [0.15, 0.2) is 24.3 Å². The van der Waals surface area contributed by atoms with Gasteiger partial charge in [-0.05, 0) is 37.2 Å². The summed E-state index contributed by atoms with van der Waals surface area (Å²) in [4.78, 5) is 0. The minimum Gasteiger partial charge on any atom is -0.497 e. The second kappa shape index (κ2) is 6.93. The first-order valence-corrected chi connectivity index (χ1v) is 7.69. The van der Waals surface area contributed by atoms with Gasteiger partial charge >= 0.3 is 0 Å². The van der Waals surface area contributed by atoms with E-state index in [1.807, 2.05) is 28.8 Å². The van der Waals surface area contributed by atoms with Crippen LogP contribution in [0.5, 0.6) is 11.5 Å². The van der Waals surface area contributed by atoms with Gasteiger partial charge in [-0.1, -0.05) is 6.07 Å². The molecule has 6 nitrogen and oxygen atoms in total. The summed E-state index contributed by atoms with van der Waals surface area (Å²) in [6.07, 6.45) is 2.37. The van der Waals surface area contributed by atoms with Gasteiger partial charge in [-0.2, -0.15) is 5.10 Å². The van der Waals surface area contributed by atoms with Crippen LogP contribution in [-0.2, 0) is 17.9 Å². The molecule has 1 aromatic heterocycles. The Hall–Kier alpha value is -1.86. The van der Waals surface area contributed by atoms with Crippen molar-refractivity contribution in [3.63, 3.8) is 0 Å². The number of nitrogens with one attached hydrogen (secondary N) is 1. The Balaban J connectivity index is 1.68. The maximum Gasteiger partial charge on any atom is 0.195 e. The monoisotopic (exact) mass is 321 g/mol. The topological polar surface area (TPSA) is 61.3 Å². The second-order valence-electron chi connectivity index (χ2n) is 5.16. The molecule has 1 aromatic carbocycles. The molecule has 1 N–H and O–H groups in total. The van der Waals surface area contributed by atoms with Gasteiger partial charge in [-0.3, -0.25) is 9.67 Å². The molecule has 1 atom stereocenters. The maximum absolute atomic E-state index is 5.78. The van der Waals surface area contributed by atoms with Crippen LogP contribution in [0.2, 0.25) is 0 Å². The summed E-state index contributed by atoms with van der Waals surface area (Å²) in [5.74, 6) is 2.26. The lowest BCUT2D eigenvalue weighted by atomic mass is 10.2. The van der Waals surface area contributed by atoms with Crippen LogP contribution in [0.4, 0.5) is 0 Å². The summed E-state index contributed by atoms with van der Waals surface area (Å²) in [6, 6.07) is 7.48. The van der Waals surface area contributed by atoms with Gasteiger partial charge in [0.15, 0.2) is 10.6 Å². The van der Waals surface area contributed by atoms with E-state index in [9.17, 15) is 0 Å². The highest BCUT2D eigenvalue weighted by Gasteiger charge is 2.18. The van der Waals surface area contributed by atoms with Crippen molar-refractivity contribution in [2.75, 3.05) is 13.7 Å². The molecule has 1 saturated heterocycles. The Bertz CT molecular complexity index is 677. The van der Waals surface area contributed by atoms with E-state index >= 15 is 0 Å². The van der Waals surface area contributed by atoms with Gasteiger partial charge in [0.1, 0.15) is 18.1 Å². The zero-order valence-corrected chi connectivity index (χ0v) is 13.3. The zero-order valence-electron chi connectivity index (χ0n) is 12.4. The normalized spacial score (nSPS) is 17.6. The number of H-pyrrole nitrogens is 1. The fourth-order valence-corrected chi connectivity index (χ4v) is 2.71. The number of nitrogens with zero attached hydrogens (tertiary/aromatic N) is 2. The van der Waals surface area contributed by atoms with Crippen LogP contribution < -0.4 is 9.47 Å². The van der Waals surface area contributed by atoms with E-state index in [0.29, 0.717) is 17.9 Å². The molecule has 2 heterocycles. The van der Waals surface area contributed by atoms with E-state index in [1.54, 1.807) is 7.11 Å². The Morgan fingerprint density at radius 2 is 2.32 bits per heavy atom. The molecule has 0 bridgehead atoms. The first kappa shape index (κ1) is 15.1. The maximum atomic E-state index is 5.78. The van der Waals surface area contributed by atoms with Crippen LogP contribution in [0, 0.1) is 4.77 Å². The lowest BCUT2D eigenvalue weighted by molar-refractivity contribution is 0.0949. The van der Waals surface area contributed by atoms with E-state index in [2.05, 4.69) is 10.2 Å². The Labute approximate surface area is 134 Å². The van der Waals surface area contributed by atoms with Crippen molar-refractivity contribution in [3.8, 4) is 11.5 Å². The molecule has 0 radical (unpaired) electrons. The Morgan fingerprint density at radius 1 is 1.45 bits per heavy atom. The Morgan fingerprint density at radius 3 is 3.09 bits per heavy atom. The van der Waals surface area contributed by atoms with Crippen LogP contribution in [0.25, 0.3) is 0 Å². The van der Waals surface area contributed by atoms with Gasteiger partial charge in [0, 0.05) is 12.7 Å². The fourth-order valence-electron chi connectivity index (χ4n) is 2.48. The van der Waals surface area contributed by atoms with Crippen LogP contribution in [-0.4, -0.2) is 34.6 Å². The average Bonchev–Trinajstić information content (AvgIpc) is 3.17. The van der Waals surface area contributed by atoms with E-state index in [-0.39, 0.29) is 6.10 Å². The fraction of sp³-hybridized carbons (Fsp3) is 0.467. The van der Waals surface area contributed by atoms with Gasteiger partial charge in [0.2, 0.25) is 0 Å². The third-order valence-electron chi connectivity index (χ3n) is 3.66. The number of aromatic nitrogens is 3. The molecule has 1 aliphatic rings. The minimum atomic E-state index is 0.208. The molecule has 7 heteroatoms. The third kappa shape index (κ3) is 3.48. The van der Waals surface area contributed by atoms with Crippen molar-refractivity contribution in [1.82, 2.24) is 14.8 Å². The number of aromatic amines is 1. The molecule has 0 saturated carbocycles. The first-order chi connectivity index (χ1) is 10.8. The van der Waals surface area contributed by atoms with Crippen LogP contribution in [0.1, 0.15) is 18.7 Å². The summed E-state index contributed by atoms with van der Waals surface area (Å²) >= 11 is 5.29. The average molecular weight is 321 g/mol. The quantitative estimate of drug-likeness (QED) is 0.829. The van der Waals surface area contributed by atoms with Crippen molar-refractivity contribution in [3.05, 3.63) is 34.9 Å². The van der Waals surface area contributed by atoms with Gasteiger partial charge in [0.25, 0.3) is 0 Å². The van der Waals surface area contributed by atoms with Gasteiger partial charge < -0.3 is 14.2 Å². The number of ether oxygens (including phenoxy) is 3. The van der Waals surface area contributed by atoms with Crippen molar-refractivity contribution in [2.24, 2.45) is 0 Å². The van der Waals surface area contributed by atoms with Crippen LogP contribution >= 0.6 is 12.2 Å². The molecule has 0 amide bonds. The highest BCUT2D eigenvalue weighted by atomic mass is 32.1. The van der Waals surface area contributed by atoms with Crippen molar-refractivity contribution in [2.45, 2.75) is 32.1 Å². The number of benzene rings is 1. The van der Waals surface area contributed by atoms with Gasteiger partial charge in [-0.25, -0.2) is 0 Å². The summed E-state index contributed by atoms with van der Waals surface area (Å²) in [5, 5.41) is 7.07. The van der Waals surface area contributed by atoms with Crippen molar-refractivity contribution < 1.29 is 14.2 Å². The highest BCUT2D eigenvalue weighted by Crippen LogP contribution is 2.20. The molecule has 2 aromatic rings. The minimum absolute atomic E-state index is 0.208. The standard InChI is InChI=1S/C15H19N3O3S/c1-19-11-4-2-5-12(8-11)21-10-14-16-17-15(22)18(14)9-13-6-3-7-20-13/h2,4-5,8,13H,3,6-7,9-10H2,1H3,(H,17,22). The van der Waals surface area contributed by atoms with Gasteiger partial charge in [-0.15, -0.1) is 0 Å². The number of hydrogen-bond acceptors (Lipinski definition) is 5. The summed E-state index contributed by atoms with van der Waals surface area (Å²) < 4.78 is 19.2. The highest BCUT2D eigenvalue weighted by molar-refractivity contribution is 7.71. The van der Waals surface area contributed by atoms with E-state index in [0.717, 1.165) is 36.8 Å². The molecule has 1 aliphatic heterocycles. The largest absolute Gasteiger partial charge is 0.497 e. The third-order valence-corrected chi connectivity index (χ3v) is 3.97. The molecule has 22 heavy (non-hydrogen) atoms. The number of rotatable bonds is 6. The van der Waals surface area contributed by atoms with Crippen LogP contribution in [0.3, 0.4) is 0 Å². The zero-order chi connectivity index (χ0) is 15.4. The summed E-state index contributed by atoms with van der Waals surface area (Å²) in [7, 11) is 1.63. The van der Waals surface area contributed by atoms with E-state index in [1.165, 1.54) is 0 Å². The smallest absolute Gasteiger partial charge is 0.195 e. The SMILES string of the molecule is COc1cccc(OCc2n[nH]c(=S)n2CC2CCCO2)c1. The molecule has 0 spiro atoms.